The van der Waals surface area contributed by atoms with Gasteiger partial charge < -0.3 is 0 Å². The lowest BCUT2D eigenvalue weighted by Gasteiger charge is -2.21. The maximum Gasteiger partial charge on any atom is 0.162 e. The number of fused-ring (bicyclic) bond motifs is 3. The zero-order chi connectivity index (χ0) is 20.5. The number of carbonyl (C=O) groups excluding carboxylic acids is 1. The van der Waals surface area contributed by atoms with Gasteiger partial charge in [0.05, 0.1) is 0 Å². The Bertz CT molecular complexity index is 802. The van der Waals surface area contributed by atoms with E-state index in [0.717, 1.165) is 37.7 Å². The Balaban J connectivity index is 1.62. The monoisotopic (exact) mass is 390 g/mol. The normalized spacial score (nSPS) is 12.5. The van der Waals surface area contributed by atoms with Crippen molar-refractivity contribution in [2.45, 2.75) is 97.3 Å². The maximum absolute atomic E-state index is 12.5. The minimum Gasteiger partial charge on any atom is -0.294 e. The first-order valence-corrected chi connectivity index (χ1v) is 12.0. The summed E-state index contributed by atoms with van der Waals surface area (Å²) < 4.78 is 0. The molecule has 0 aliphatic heterocycles. The number of rotatable bonds is 12. The Morgan fingerprint density at radius 3 is 2.10 bits per heavy atom. The van der Waals surface area contributed by atoms with Crippen LogP contribution in [0.2, 0.25) is 0 Å². The van der Waals surface area contributed by atoms with Gasteiger partial charge in [0, 0.05) is 12.0 Å². The molecule has 156 valence electrons. The average molecular weight is 391 g/mol. The summed E-state index contributed by atoms with van der Waals surface area (Å²) in [6.45, 7) is 4.46. The minimum atomic E-state index is 0.307. The van der Waals surface area contributed by atoms with E-state index in [1.165, 1.54) is 72.8 Å². The molecule has 0 spiro atoms. The van der Waals surface area contributed by atoms with Gasteiger partial charge in [-0.2, -0.15) is 0 Å². The van der Waals surface area contributed by atoms with Crippen molar-refractivity contribution in [1.82, 2.24) is 0 Å². The predicted octanol–water partition coefficient (Wildman–Crippen LogP) is 8.12. The number of ketones is 1. The van der Waals surface area contributed by atoms with Crippen molar-refractivity contribution in [1.29, 1.82) is 0 Å². The second-order valence-corrected chi connectivity index (χ2v) is 8.76. The van der Waals surface area contributed by atoms with Gasteiger partial charge in [-0.25, -0.2) is 0 Å². The summed E-state index contributed by atoms with van der Waals surface area (Å²) >= 11 is 0. The van der Waals surface area contributed by atoms with E-state index in [2.05, 4.69) is 44.2 Å². The summed E-state index contributed by atoms with van der Waals surface area (Å²) in [5, 5.41) is 0. The lowest BCUT2D eigenvalue weighted by molar-refractivity contribution is 0.0979. The summed E-state index contributed by atoms with van der Waals surface area (Å²) in [5.41, 5.74) is 7.95. The Morgan fingerprint density at radius 1 is 0.724 bits per heavy atom. The fraction of sp³-hybridized carbons (Fsp3) is 0.536. The molecule has 0 radical (unpaired) electrons. The molecule has 0 N–H and O–H groups in total. The Hall–Kier alpha value is -1.89. The van der Waals surface area contributed by atoms with Gasteiger partial charge in [-0.1, -0.05) is 89.1 Å². The highest BCUT2D eigenvalue weighted by Gasteiger charge is 2.18. The van der Waals surface area contributed by atoms with E-state index in [9.17, 15) is 4.79 Å². The largest absolute Gasteiger partial charge is 0.294 e. The van der Waals surface area contributed by atoms with Crippen LogP contribution < -0.4 is 0 Å². The van der Waals surface area contributed by atoms with Crippen LogP contribution in [0.25, 0.3) is 11.1 Å². The van der Waals surface area contributed by atoms with Crippen molar-refractivity contribution in [3.05, 3.63) is 58.7 Å². The number of hydrogen-bond donors (Lipinski definition) is 0. The molecule has 3 rings (SSSR count). The molecule has 0 heterocycles. The standard InChI is InChI=1S/C28H38O/c1-3-5-7-8-9-11-12-22-14-18-26-23(20-22)15-16-24-21-25(17-19-27(24)26)28(29)13-10-6-4-2/h14,17-21H,3-13,15-16H2,1-2H3. The molecule has 0 saturated heterocycles. The Kier molecular flexibility index (Phi) is 8.52. The molecule has 29 heavy (non-hydrogen) atoms. The Labute approximate surface area is 177 Å². The van der Waals surface area contributed by atoms with Crippen LogP contribution in [0.5, 0.6) is 0 Å². The SMILES string of the molecule is CCCCCCCCc1ccc2c(c1)CCc1cc(C(=O)CCCCC)ccc1-2. The molecule has 0 unspecified atom stereocenters. The lowest BCUT2D eigenvalue weighted by Crippen LogP contribution is -2.07. The highest BCUT2D eigenvalue weighted by atomic mass is 16.1. The topological polar surface area (TPSA) is 17.1 Å². The van der Waals surface area contributed by atoms with Gasteiger partial charge in [-0.15, -0.1) is 0 Å². The summed E-state index contributed by atoms with van der Waals surface area (Å²) in [4.78, 5) is 12.5. The molecule has 0 atom stereocenters. The first-order chi connectivity index (χ1) is 14.2. The van der Waals surface area contributed by atoms with Gasteiger partial charge >= 0.3 is 0 Å². The second-order valence-electron chi connectivity index (χ2n) is 8.76. The molecule has 0 bridgehead atoms. The number of unbranched alkanes of at least 4 members (excludes halogenated alkanes) is 7. The summed E-state index contributed by atoms with van der Waals surface area (Å²) in [6.07, 6.45) is 15.5. The molecular weight excluding hydrogens is 352 g/mol. The van der Waals surface area contributed by atoms with Crippen LogP contribution in [-0.4, -0.2) is 5.78 Å². The summed E-state index contributed by atoms with van der Waals surface area (Å²) in [5.74, 6) is 0.307. The van der Waals surface area contributed by atoms with Crippen molar-refractivity contribution in [3.63, 3.8) is 0 Å². The molecule has 1 aliphatic carbocycles. The van der Waals surface area contributed by atoms with Gasteiger partial charge in [0.15, 0.2) is 5.78 Å². The molecule has 0 aromatic heterocycles. The molecular formula is C28H38O. The van der Waals surface area contributed by atoms with E-state index in [1.54, 1.807) is 0 Å². The summed E-state index contributed by atoms with van der Waals surface area (Å²) in [6, 6.07) is 13.5. The molecule has 1 heteroatoms. The van der Waals surface area contributed by atoms with E-state index in [-0.39, 0.29) is 0 Å². The van der Waals surface area contributed by atoms with Gasteiger partial charge in [0.2, 0.25) is 0 Å². The third-order valence-electron chi connectivity index (χ3n) is 6.38. The van der Waals surface area contributed by atoms with Crippen LogP contribution in [0.15, 0.2) is 36.4 Å². The number of Topliss-reactive ketones (excluding diaryl/α,β-unsaturated/α-hetero) is 1. The fourth-order valence-electron chi connectivity index (χ4n) is 4.57. The molecule has 2 aromatic rings. The van der Waals surface area contributed by atoms with Gasteiger partial charge in [-0.3, -0.25) is 4.79 Å². The van der Waals surface area contributed by atoms with E-state index in [1.807, 2.05) is 6.07 Å². The third kappa shape index (κ3) is 6.04. The van der Waals surface area contributed by atoms with Crippen molar-refractivity contribution in [2.75, 3.05) is 0 Å². The second kappa shape index (κ2) is 11.3. The van der Waals surface area contributed by atoms with Crippen LogP contribution >= 0.6 is 0 Å². The zero-order valence-corrected chi connectivity index (χ0v) is 18.6. The highest BCUT2D eigenvalue weighted by molar-refractivity contribution is 5.97. The lowest BCUT2D eigenvalue weighted by atomic mass is 9.83. The van der Waals surface area contributed by atoms with E-state index >= 15 is 0 Å². The average Bonchev–Trinajstić information content (AvgIpc) is 2.75. The molecule has 0 fully saturated rings. The quantitative estimate of drug-likeness (QED) is 0.264. The van der Waals surface area contributed by atoms with E-state index in [4.69, 9.17) is 0 Å². The van der Waals surface area contributed by atoms with Crippen LogP contribution in [0.1, 0.15) is 105 Å². The van der Waals surface area contributed by atoms with E-state index in [0.29, 0.717) is 12.2 Å². The van der Waals surface area contributed by atoms with Gasteiger partial charge in [0.25, 0.3) is 0 Å². The van der Waals surface area contributed by atoms with Crippen LogP contribution in [0, 0.1) is 0 Å². The molecule has 0 saturated carbocycles. The molecule has 2 aromatic carbocycles. The number of benzene rings is 2. The number of aryl methyl sites for hydroxylation is 3. The molecule has 0 amide bonds. The highest BCUT2D eigenvalue weighted by Crippen LogP contribution is 2.35. The maximum atomic E-state index is 12.5. The molecule has 1 nitrogen and oxygen atoms in total. The minimum absolute atomic E-state index is 0.307. The zero-order valence-electron chi connectivity index (χ0n) is 18.6. The predicted molar refractivity (Wildman–Crippen MR) is 125 cm³/mol. The third-order valence-corrected chi connectivity index (χ3v) is 6.38. The van der Waals surface area contributed by atoms with Crippen LogP contribution in [0.3, 0.4) is 0 Å². The van der Waals surface area contributed by atoms with Gasteiger partial charge in [-0.05, 0) is 66.0 Å². The fourth-order valence-corrected chi connectivity index (χ4v) is 4.57. The first kappa shape index (κ1) is 21.8. The smallest absolute Gasteiger partial charge is 0.162 e. The van der Waals surface area contributed by atoms with Gasteiger partial charge in [0.1, 0.15) is 0 Å². The summed E-state index contributed by atoms with van der Waals surface area (Å²) in [7, 11) is 0. The molecule has 1 aliphatic rings. The van der Waals surface area contributed by atoms with Crippen LogP contribution in [0.4, 0.5) is 0 Å². The number of carbonyl (C=O) groups is 1. The van der Waals surface area contributed by atoms with Crippen molar-refractivity contribution < 1.29 is 4.79 Å². The Morgan fingerprint density at radius 2 is 1.34 bits per heavy atom. The first-order valence-electron chi connectivity index (χ1n) is 12.0. The van der Waals surface area contributed by atoms with Crippen molar-refractivity contribution >= 4 is 5.78 Å². The van der Waals surface area contributed by atoms with E-state index < -0.39 is 0 Å². The van der Waals surface area contributed by atoms with Crippen molar-refractivity contribution in [2.24, 2.45) is 0 Å². The van der Waals surface area contributed by atoms with Crippen molar-refractivity contribution in [3.8, 4) is 11.1 Å². The number of hydrogen-bond acceptors (Lipinski definition) is 1. The van der Waals surface area contributed by atoms with Crippen LogP contribution in [-0.2, 0) is 19.3 Å².